The fourth-order valence-corrected chi connectivity index (χ4v) is 5.39. The van der Waals surface area contributed by atoms with Crippen molar-refractivity contribution in [3.05, 3.63) is 41.5 Å². The van der Waals surface area contributed by atoms with Crippen LogP contribution >= 0.6 is 11.8 Å². The largest absolute Gasteiger partial charge is 0.435 e. The number of benzene rings is 1. The Morgan fingerprint density at radius 1 is 1.23 bits per heavy atom. The van der Waals surface area contributed by atoms with Crippen LogP contribution in [0.25, 0.3) is 5.69 Å². The summed E-state index contributed by atoms with van der Waals surface area (Å²) in [4.78, 5) is 15.0. The van der Waals surface area contributed by atoms with Crippen molar-refractivity contribution in [1.29, 1.82) is 0 Å². The highest BCUT2D eigenvalue weighted by Gasteiger charge is 2.44. The Morgan fingerprint density at radius 2 is 1.94 bits per heavy atom. The Bertz CT molecular complexity index is 922. The number of alkyl halides is 3. The molecule has 1 atom stereocenters. The summed E-state index contributed by atoms with van der Waals surface area (Å²) in [6.07, 6.45) is -4.05. The number of hydrogen-bond donors (Lipinski definition) is 1. The van der Waals surface area contributed by atoms with Gasteiger partial charge in [-0.25, -0.2) is 9.07 Å². The molecule has 1 aromatic heterocycles. The first-order chi connectivity index (χ1) is 14.8. The maximum Gasteiger partial charge on any atom is 0.435 e. The van der Waals surface area contributed by atoms with E-state index in [-0.39, 0.29) is 17.8 Å². The van der Waals surface area contributed by atoms with Gasteiger partial charge in [-0.1, -0.05) is 5.21 Å². The van der Waals surface area contributed by atoms with Crippen molar-refractivity contribution in [3.63, 3.8) is 0 Å². The van der Waals surface area contributed by atoms with Crippen molar-refractivity contribution in [2.24, 2.45) is 0 Å². The minimum Gasteiger partial charge on any atom is -0.379 e. The standard InChI is InChI=1S/C19H21F4N5O2S/c20-13-1-3-14(4-2-13)28-16(19(21,22)23)15(25-26-28)17(29)24-11-18(5-10-31-12-18)27-6-8-30-9-7-27/h1-4H,5-12H2,(H,24,29). The van der Waals surface area contributed by atoms with Crippen LogP contribution in [0.1, 0.15) is 22.6 Å². The molecular weight excluding hydrogens is 438 g/mol. The number of thioether (sulfide) groups is 1. The van der Waals surface area contributed by atoms with E-state index in [0.29, 0.717) is 31.0 Å². The summed E-state index contributed by atoms with van der Waals surface area (Å²) in [5, 5.41) is 9.69. The second-order valence-corrected chi connectivity index (χ2v) is 8.59. The molecule has 0 aliphatic carbocycles. The molecule has 7 nitrogen and oxygen atoms in total. The van der Waals surface area contributed by atoms with Gasteiger partial charge in [-0.3, -0.25) is 9.69 Å². The number of halogens is 4. The number of nitrogens with one attached hydrogen (secondary N) is 1. The molecule has 4 rings (SSSR count). The van der Waals surface area contributed by atoms with Gasteiger partial charge in [0.05, 0.1) is 18.9 Å². The lowest BCUT2D eigenvalue weighted by molar-refractivity contribution is -0.143. The second-order valence-electron chi connectivity index (χ2n) is 7.48. The predicted molar refractivity (Wildman–Crippen MR) is 106 cm³/mol. The highest BCUT2D eigenvalue weighted by Crippen LogP contribution is 2.35. The molecule has 0 spiro atoms. The van der Waals surface area contributed by atoms with Crippen LogP contribution in [0.2, 0.25) is 0 Å². The third kappa shape index (κ3) is 4.55. The van der Waals surface area contributed by atoms with Gasteiger partial charge in [0, 0.05) is 30.9 Å². The highest BCUT2D eigenvalue weighted by molar-refractivity contribution is 7.99. The Kier molecular flexibility index (Phi) is 6.22. The van der Waals surface area contributed by atoms with Crippen molar-refractivity contribution >= 4 is 17.7 Å². The predicted octanol–water partition coefficient (Wildman–Crippen LogP) is 2.36. The number of amides is 1. The van der Waals surface area contributed by atoms with Crippen molar-refractivity contribution in [2.45, 2.75) is 18.1 Å². The molecule has 2 saturated heterocycles. The number of rotatable bonds is 5. The summed E-state index contributed by atoms with van der Waals surface area (Å²) in [6.45, 7) is 2.81. The molecule has 2 fully saturated rings. The maximum absolute atomic E-state index is 13.8. The summed E-state index contributed by atoms with van der Waals surface area (Å²) < 4.78 is 60.5. The van der Waals surface area contributed by atoms with E-state index in [2.05, 4.69) is 20.5 Å². The van der Waals surface area contributed by atoms with Gasteiger partial charge in [-0.2, -0.15) is 24.9 Å². The lowest BCUT2D eigenvalue weighted by Gasteiger charge is -2.43. The molecule has 2 aromatic rings. The third-order valence-corrected chi connectivity index (χ3v) is 6.80. The number of nitrogens with zero attached hydrogens (tertiary/aromatic N) is 4. The van der Waals surface area contributed by atoms with Crippen molar-refractivity contribution in [2.75, 3.05) is 44.4 Å². The third-order valence-electron chi connectivity index (χ3n) is 5.57. The lowest BCUT2D eigenvalue weighted by atomic mass is 9.95. The van der Waals surface area contributed by atoms with Crippen LogP contribution in [0.4, 0.5) is 17.6 Å². The average molecular weight is 459 g/mol. The fraction of sp³-hybridized carbons (Fsp3) is 0.526. The first kappa shape index (κ1) is 22.0. The van der Waals surface area contributed by atoms with E-state index in [4.69, 9.17) is 4.74 Å². The molecule has 3 heterocycles. The summed E-state index contributed by atoms with van der Waals surface area (Å²) in [7, 11) is 0. The number of hydrogen-bond acceptors (Lipinski definition) is 6. The molecule has 1 amide bonds. The van der Waals surface area contributed by atoms with Crippen LogP contribution < -0.4 is 5.32 Å². The zero-order valence-corrected chi connectivity index (χ0v) is 17.3. The van der Waals surface area contributed by atoms with E-state index in [1.807, 2.05) is 0 Å². The molecule has 1 aromatic carbocycles. The van der Waals surface area contributed by atoms with Crippen molar-refractivity contribution in [3.8, 4) is 5.69 Å². The van der Waals surface area contributed by atoms with Gasteiger partial charge in [0.2, 0.25) is 0 Å². The van der Waals surface area contributed by atoms with Gasteiger partial charge in [0.1, 0.15) is 5.82 Å². The normalized spacial score (nSPS) is 22.6. The van der Waals surface area contributed by atoms with E-state index >= 15 is 0 Å². The van der Waals surface area contributed by atoms with Crippen molar-refractivity contribution in [1.82, 2.24) is 25.2 Å². The summed E-state index contributed by atoms with van der Waals surface area (Å²) in [5.74, 6) is 0.159. The van der Waals surface area contributed by atoms with Crippen LogP contribution in [-0.4, -0.2) is 75.7 Å². The van der Waals surface area contributed by atoms with Crippen LogP contribution in [0.5, 0.6) is 0 Å². The van der Waals surface area contributed by atoms with E-state index in [0.717, 1.165) is 42.2 Å². The molecule has 168 valence electrons. The second kappa shape index (κ2) is 8.75. The summed E-state index contributed by atoms with van der Waals surface area (Å²) in [6, 6.07) is 4.32. The Balaban J connectivity index is 1.57. The quantitative estimate of drug-likeness (QED) is 0.693. The number of morpholine rings is 1. The van der Waals surface area contributed by atoms with E-state index in [9.17, 15) is 22.4 Å². The van der Waals surface area contributed by atoms with Crippen LogP contribution in [0.15, 0.2) is 24.3 Å². The van der Waals surface area contributed by atoms with Gasteiger partial charge < -0.3 is 10.1 Å². The summed E-state index contributed by atoms with van der Waals surface area (Å²) >= 11 is 1.76. The minimum atomic E-state index is -4.88. The topological polar surface area (TPSA) is 72.3 Å². The minimum absolute atomic E-state index is 0.0442. The molecule has 12 heteroatoms. The molecule has 2 aliphatic rings. The first-order valence-corrected chi connectivity index (χ1v) is 10.9. The molecule has 1 unspecified atom stereocenters. The molecule has 0 radical (unpaired) electrons. The first-order valence-electron chi connectivity index (χ1n) is 9.78. The number of carbonyl (C=O) groups excluding carboxylic acids is 1. The van der Waals surface area contributed by atoms with Gasteiger partial charge in [0.15, 0.2) is 11.4 Å². The Morgan fingerprint density at radius 3 is 2.55 bits per heavy atom. The van der Waals surface area contributed by atoms with Gasteiger partial charge in [0.25, 0.3) is 5.91 Å². The Hall–Kier alpha value is -2.18. The molecule has 1 N–H and O–H groups in total. The highest BCUT2D eigenvalue weighted by atomic mass is 32.2. The van der Waals surface area contributed by atoms with Crippen molar-refractivity contribution < 1.29 is 27.1 Å². The number of ether oxygens (including phenoxy) is 1. The number of carbonyl (C=O) groups is 1. The SMILES string of the molecule is O=C(NCC1(N2CCOCC2)CCSC1)c1nnn(-c2ccc(F)cc2)c1C(F)(F)F. The maximum atomic E-state index is 13.8. The molecule has 0 bridgehead atoms. The van der Waals surface area contributed by atoms with Gasteiger partial charge in [-0.05, 0) is 36.4 Å². The molecular formula is C19H21F4N5O2S. The van der Waals surface area contributed by atoms with Crippen LogP contribution in [0, 0.1) is 5.82 Å². The monoisotopic (exact) mass is 459 g/mol. The van der Waals surface area contributed by atoms with Gasteiger partial charge >= 0.3 is 6.18 Å². The lowest BCUT2D eigenvalue weighted by Crippen LogP contribution is -2.59. The van der Waals surface area contributed by atoms with E-state index in [1.165, 1.54) is 0 Å². The molecule has 2 aliphatic heterocycles. The van der Waals surface area contributed by atoms with E-state index < -0.39 is 29.3 Å². The zero-order chi connectivity index (χ0) is 22.1. The fourth-order valence-electron chi connectivity index (χ4n) is 3.92. The van der Waals surface area contributed by atoms with E-state index in [1.54, 1.807) is 11.8 Å². The van der Waals surface area contributed by atoms with Gasteiger partial charge in [-0.15, -0.1) is 5.10 Å². The van der Waals surface area contributed by atoms with Crippen LogP contribution in [0.3, 0.4) is 0 Å². The van der Waals surface area contributed by atoms with Crippen LogP contribution in [-0.2, 0) is 10.9 Å². The Labute approximate surface area is 180 Å². The number of aromatic nitrogens is 3. The summed E-state index contributed by atoms with van der Waals surface area (Å²) in [5.41, 5.74) is -2.47. The molecule has 31 heavy (non-hydrogen) atoms. The zero-order valence-electron chi connectivity index (χ0n) is 16.5. The average Bonchev–Trinajstić information content (AvgIpc) is 3.41. The molecule has 0 saturated carbocycles. The smallest absolute Gasteiger partial charge is 0.379 e.